The Kier molecular flexibility index (Phi) is 6.22. The average Bonchev–Trinajstić information content (AvgIpc) is 3.61. The van der Waals surface area contributed by atoms with E-state index in [0.717, 1.165) is 10.1 Å². The van der Waals surface area contributed by atoms with E-state index in [1.807, 2.05) is 24.3 Å². The number of rotatable bonds is 7. The molecule has 11 nitrogen and oxygen atoms in total. The maximum atomic E-state index is 13.9. The Morgan fingerprint density at radius 1 is 1.14 bits per heavy atom. The molecule has 2 atom stereocenters. The molecule has 4 aromatic rings. The molecule has 0 N–H and O–H groups in total. The third-order valence-electron chi connectivity index (χ3n) is 6.65. The summed E-state index contributed by atoms with van der Waals surface area (Å²) in [5, 5.41) is 9.41. The van der Waals surface area contributed by atoms with Crippen molar-refractivity contribution in [2.24, 2.45) is 0 Å². The first-order valence-corrected chi connectivity index (χ1v) is 12.2. The first-order valence-electron chi connectivity index (χ1n) is 11.4. The second-order valence-electron chi connectivity index (χ2n) is 8.63. The minimum Gasteiger partial charge on any atom is -0.496 e. The highest BCUT2D eigenvalue weighted by Gasteiger charge is 2.35. The van der Waals surface area contributed by atoms with Crippen LogP contribution in [0.2, 0.25) is 0 Å². The summed E-state index contributed by atoms with van der Waals surface area (Å²) in [6.07, 6.45) is 2.92. The Labute approximate surface area is 210 Å². The fourth-order valence-electron chi connectivity index (χ4n) is 4.74. The number of hydrogen-bond acceptors (Lipinski definition) is 8. The topological polar surface area (TPSA) is 113 Å². The van der Waals surface area contributed by atoms with E-state index in [9.17, 15) is 14.4 Å². The van der Waals surface area contributed by atoms with Gasteiger partial charge in [-0.25, -0.2) is 9.36 Å². The molecule has 36 heavy (non-hydrogen) atoms. The number of fused-ring (bicyclic) bond motifs is 1. The number of nitrogens with zero attached hydrogens (tertiary/aromatic N) is 6. The molecule has 1 amide bonds. The molecule has 4 heterocycles. The van der Waals surface area contributed by atoms with E-state index in [1.165, 1.54) is 25.6 Å². The molecule has 5 rings (SSSR count). The molecule has 188 valence electrons. The molecule has 1 aromatic carbocycles. The zero-order valence-corrected chi connectivity index (χ0v) is 21.2. The summed E-state index contributed by atoms with van der Waals surface area (Å²) in [6, 6.07) is 6.56. The number of carbonyl (C=O) groups excluding carboxylic acids is 1. The van der Waals surface area contributed by atoms with E-state index in [1.54, 1.807) is 40.6 Å². The quantitative estimate of drug-likeness (QED) is 0.373. The van der Waals surface area contributed by atoms with Crippen molar-refractivity contribution in [3.63, 3.8) is 0 Å². The summed E-state index contributed by atoms with van der Waals surface area (Å²) in [5.41, 5.74) is 0.362. The van der Waals surface area contributed by atoms with Crippen molar-refractivity contribution >= 4 is 27.5 Å². The molecule has 1 saturated heterocycles. The third-order valence-corrected chi connectivity index (χ3v) is 7.93. The Hall–Kier alpha value is -3.77. The standard InChI is InChI=1S/C24H26N6O5S/c1-14-19-21(32)29(16-9-12-27(2)20(16)31)24(33)28(23(19)36-22(14)30-25-10-11-26-30)13-18(35-4)15-7-5-6-8-17(15)34-3/h5-8,10-11,16,18H,9,12-13H2,1-4H3/t16-,18-/m0/s1. The zero-order valence-electron chi connectivity index (χ0n) is 20.4. The van der Waals surface area contributed by atoms with Crippen molar-refractivity contribution in [1.29, 1.82) is 0 Å². The highest BCUT2D eigenvalue weighted by Crippen LogP contribution is 2.33. The maximum absolute atomic E-state index is 13.9. The Morgan fingerprint density at radius 3 is 2.50 bits per heavy atom. The van der Waals surface area contributed by atoms with Gasteiger partial charge in [0.05, 0.1) is 31.4 Å². The zero-order chi connectivity index (χ0) is 25.6. The molecule has 0 aliphatic carbocycles. The van der Waals surface area contributed by atoms with Gasteiger partial charge >= 0.3 is 5.69 Å². The number of likely N-dealkylation sites (tertiary alicyclic amines) is 1. The lowest BCUT2D eigenvalue weighted by atomic mass is 10.1. The predicted molar refractivity (Wildman–Crippen MR) is 134 cm³/mol. The normalized spacial score (nSPS) is 16.7. The lowest BCUT2D eigenvalue weighted by Crippen LogP contribution is -2.44. The van der Waals surface area contributed by atoms with Gasteiger partial charge < -0.3 is 14.4 Å². The van der Waals surface area contributed by atoms with Crippen molar-refractivity contribution in [2.75, 3.05) is 27.8 Å². The molecule has 1 aliphatic rings. The Bertz CT molecular complexity index is 1550. The lowest BCUT2D eigenvalue weighted by molar-refractivity contribution is -0.129. The number of likely N-dealkylation sites (N-methyl/N-ethyl adjacent to an activating group) is 1. The minimum atomic E-state index is -0.858. The van der Waals surface area contributed by atoms with Crippen molar-refractivity contribution in [2.45, 2.75) is 32.0 Å². The van der Waals surface area contributed by atoms with Crippen LogP contribution in [0.3, 0.4) is 0 Å². The highest BCUT2D eigenvalue weighted by molar-refractivity contribution is 7.21. The van der Waals surface area contributed by atoms with Gasteiger partial charge in [0, 0.05) is 31.8 Å². The fourth-order valence-corrected chi connectivity index (χ4v) is 5.96. The first kappa shape index (κ1) is 23.9. The molecule has 0 radical (unpaired) electrons. The summed E-state index contributed by atoms with van der Waals surface area (Å²) in [4.78, 5) is 44.0. The van der Waals surface area contributed by atoms with Gasteiger partial charge in [-0.1, -0.05) is 29.5 Å². The predicted octanol–water partition coefficient (Wildman–Crippen LogP) is 1.91. The van der Waals surface area contributed by atoms with Gasteiger partial charge in [-0.05, 0) is 19.4 Å². The number of hydrogen-bond donors (Lipinski definition) is 0. The summed E-state index contributed by atoms with van der Waals surface area (Å²) < 4.78 is 13.9. The van der Waals surface area contributed by atoms with Crippen LogP contribution in [0.1, 0.15) is 29.7 Å². The number of thiophene rings is 1. The average molecular weight is 511 g/mol. The van der Waals surface area contributed by atoms with Crippen molar-refractivity contribution < 1.29 is 14.3 Å². The number of amides is 1. The molecule has 12 heteroatoms. The molecule has 3 aromatic heterocycles. The highest BCUT2D eigenvalue weighted by atomic mass is 32.1. The van der Waals surface area contributed by atoms with E-state index in [2.05, 4.69) is 10.2 Å². The third kappa shape index (κ3) is 3.73. The van der Waals surface area contributed by atoms with E-state index < -0.39 is 23.4 Å². The van der Waals surface area contributed by atoms with Gasteiger partial charge in [0.1, 0.15) is 27.7 Å². The molecule has 0 saturated carbocycles. The van der Waals surface area contributed by atoms with Crippen LogP contribution >= 0.6 is 11.3 Å². The molecule has 0 unspecified atom stereocenters. The smallest absolute Gasteiger partial charge is 0.332 e. The number of para-hydroxylation sites is 1. The Balaban J connectivity index is 1.77. The van der Waals surface area contributed by atoms with E-state index in [4.69, 9.17) is 9.47 Å². The first-order chi connectivity index (χ1) is 17.4. The fraction of sp³-hybridized carbons (Fsp3) is 0.375. The van der Waals surface area contributed by atoms with Gasteiger partial charge in [0.2, 0.25) is 5.91 Å². The van der Waals surface area contributed by atoms with Crippen LogP contribution in [0.4, 0.5) is 0 Å². The maximum Gasteiger partial charge on any atom is 0.332 e. The van der Waals surface area contributed by atoms with Gasteiger partial charge in [-0.15, -0.1) is 4.80 Å². The number of carbonyl (C=O) groups is 1. The Morgan fingerprint density at radius 2 is 1.86 bits per heavy atom. The minimum absolute atomic E-state index is 0.106. The lowest BCUT2D eigenvalue weighted by Gasteiger charge is -2.21. The van der Waals surface area contributed by atoms with Gasteiger partial charge in [0.15, 0.2) is 0 Å². The van der Waals surface area contributed by atoms with Crippen LogP contribution in [0.15, 0.2) is 46.2 Å². The number of ether oxygens (including phenoxy) is 2. The molecule has 1 aliphatic heterocycles. The number of methoxy groups -OCH3 is 2. The second kappa shape index (κ2) is 9.36. The van der Waals surface area contributed by atoms with Gasteiger partial charge in [-0.2, -0.15) is 10.2 Å². The molecule has 0 bridgehead atoms. The summed E-state index contributed by atoms with van der Waals surface area (Å²) in [7, 11) is 4.80. The SMILES string of the molecule is COc1ccccc1[C@H](Cn1c(=O)n([C@H]2CCN(C)C2=O)c(=O)c2c(C)c(-n3nccn3)sc21)OC. The van der Waals surface area contributed by atoms with Crippen LogP contribution in [-0.2, 0) is 16.1 Å². The number of benzene rings is 1. The molecular formula is C24H26N6O5S. The van der Waals surface area contributed by atoms with Gasteiger partial charge in [-0.3, -0.25) is 14.2 Å². The van der Waals surface area contributed by atoms with Crippen LogP contribution in [0, 0.1) is 6.92 Å². The molecule has 0 spiro atoms. The van der Waals surface area contributed by atoms with Crippen molar-refractivity contribution in [3.8, 4) is 10.8 Å². The van der Waals surface area contributed by atoms with Crippen molar-refractivity contribution in [3.05, 3.63) is 68.6 Å². The monoisotopic (exact) mass is 510 g/mol. The van der Waals surface area contributed by atoms with Gasteiger partial charge in [0.25, 0.3) is 5.56 Å². The second-order valence-corrected chi connectivity index (χ2v) is 9.61. The van der Waals surface area contributed by atoms with Crippen LogP contribution < -0.4 is 16.0 Å². The summed E-state index contributed by atoms with van der Waals surface area (Å²) in [5.74, 6) is 0.369. The molecule has 1 fully saturated rings. The van der Waals surface area contributed by atoms with E-state index in [0.29, 0.717) is 39.5 Å². The number of aryl methyl sites for hydroxylation is 1. The summed E-state index contributed by atoms with van der Waals surface area (Å²) >= 11 is 1.25. The summed E-state index contributed by atoms with van der Waals surface area (Å²) in [6.45, 7) is 2.38. The number of aromatic nitrogens is 5. The molecular weight excluding hydrogens is 484 g/mol. The van der Waals surface area contributed by atoms with Crippen LogP contribution in [0.5, 0.6) is 5.75 Å². The van der Waals surface area contributed by atoms with Crippen LogP contribution in [-0.4, -0.2) is 62.7 Å². The largest absolute Gasteiger partial charge is 0.496 e. The van der Waals surface area contributed by atoms with E-state index in [-0.39, 0.29) is 12.5 Å². The van der Waals surface area contributed by atoms with Crippen LogP contribution in [0.25, 0.3) is 15.2 Å². The van der Waals surface area contributed by atoms with Crippen molar-refractivity contribution in [1.82, 2.24) is 29.0 Å². The van der Waals surface area contributed by atoms with E-state index >= 15 is 0 Å².